The van der Waals surface area contributed by atoms with Gasteiger partial charge < -0.3 is 0 Å². The Kier molecular flexibility index (Phi) is 5.13. The molecule has 0 radical (unpaired) electrons. The topological polar surface area (TPSA) is 52.0 Å². The van der Waals surface area contributed by atoms with Crippen LogP contribution in [-0.4, -0.2) is 24.2 Å². The van der Waals surface area contributed by atoms with Gasteiger partial charge in [0.25, 0.3) is 0 Å². The Balaban J connectivity index is 2.24. The first-order chi connectivity index (χ1) is 12.9. The van der Waals surface area contributed by atoms with Crippen molar-refractivity contribution in [1.82, 2.24) is 9.55 Å². The summed E-state index contributed by atoms with van der Waals surface area (Å²) in [4.78, 5) is 3.15. The standard InChI is InChI=1S/C18H13BrF4N2O2S/c1-10-7-11(3-5-13(10)19)17-24-16(18(21,22)23)9-25(17)12-4-6-15(14(20)8-12)28(2,26)27/h3-9H,1-2H3. The molecule has 0 atom stereocenters. The summed E-state index contributed by atoms with van der Waals surface area (Å²) >= 11 is 3.32. The van der Waals surface area contributed by atoms with E-state index in [-0.39, 0.29) is 11.5 Å². The van der Waals surface area contributed by atoms with Crippen LogP contribution >= 0.6 is 15.9 Å². The molecule has 0 amide bonds. The van der Waals surface area contributed by atoms with E-state index in [0.717, 1.165) is 39.2 Å². The first-order valence-electron chi connectivity index (χ1n) is 7.81. The highest BCUT2D eigenvalue weighted by Gasteiger charge is 2.35. The Labute approximate surface area is 166 Å². The molecule has 0 unspecified atom stereocenters. The van der Waals surface area contributed by atoms with Crippen LogP contribution in [0.4, 0.5) is 17.6 Å². The summed E-state index contributed by atoms with van der Waals surface area (Å²) in [6.45, 7) is 1.77. The second kappa shape index (κ2) is 7.00. The summed E-state index contributed by atoms with van der Waals surface area (Å²) < 4.78 is 79.0. The van der Waals surface area contributed by atoms with Crippen LogP contribution in [0.2, 0.25) is 0 Å². The van der Waals surface area contributed by atoms with E-state index < -0.39 is 32.4 Å². The van der Waals surface area contributed by atoms with Gasteiger partial charge in [-0.2, -0.15) is 13.2 Å². The van der Waals surface area contributed by atoms with Gasteiger partial charge in [0.1, 0.15) is 16.5 Å². The van der Waals surface area contributed by atoms with E-state index >= 15 is 0 Å². The van der Waals surface area contributed by atoms with E-state index in [2.05, 4.69) is 20.9 Å². The fraction of sp³-hybridized carbons (Fsp3) is 0.167. The summed E-state index contributed by atoms with van der Waals surface area (Å²) in [7, 11) is -3.81. The Morgan fingerprint density at radius 3 is 2.32 bits per heavy atom. The molecule has 0 bridgehead atoms. The molecule has 0 spiro atoms. The number of hydrogen-bond acceptors (Lipinski definition) is 3. The highest BCUT2D eigenvalue weighted by molar-refractivity contribution is 9.10. The Hall–Kier alpha value is -2.20. The number of aromatic nitrogens is 2. The second-order valence-corrected chi connectivity index (χ2v) is 9.01. The van der Waals surface area contributed by atoms with Crippen LogP contribution in [0, 0.1) is 12.7 Å². The van der Waals surface area contributed by atoms with Crippen LogP contribution in [0.15, 0.2) is 52.0 Å². The first-order valence-corrected chi connectivity index (χ1v) is 10.5. The fourth-order valence-corrected chi connectivity index (χ4v) is 3.62. The first kappa shape index (κ1) is 20.5. The zero-order chi connectivity index (χ0) is 20.9. The number of hydrogen-bond donors (Lipinski definition) is 0. The largest absolute Gasteiger partial charge is 0.434 e. The molecule has 0 aliphatic heterocycles. The van der Waals surface area contributed by atoms with Crippen LogP contribution in [0.1, 0.15) is 11.3 Å². The number of halogens is 5. The lowest BCUT2D eigenvalue weighted by Crippen LogP contribution is -2.05. The van der Waals surface area contributed by atoms with E-state index in [9.17, 15) is 26.0 Å². The summed E-state index contributed by atoms with van der Waals surface area (Å²) in [5.41, 5.74) is 0.0437. The summed E-state index contributed by atoms with van der Waals surface area (Å²) in [5.74, 6) is -1.10. The quantitative estimate of drug-likeness (QED) is 0.490. The van der Waals surface area contributed by atoms with E-state index in [1.54, 1.807) is 25.1 Å². The van der Waals surface area contributed by atoms with E-state index in [0.29, 0.717) is 5.56 Å². The minimum Gasteiger partial charge on any atom is -0.299 e. The van der Waals surface area contributed by atoms with Crippen molar-refractivity contribution in [3.63, 3.8) is 0 Å². The number of sulfone groups is 1. The van der Waals surface area contributed by atoms with Gasteiger partial charge in [0.05, 0.1) is 5.69 Å². The van der Waals surface area contributed by atoms with Crippen LogP contribution in [0.5, 0.6) is 0 Å². The molecule has 1 aromatic heterocycles. The number of nitrogens with zero attached hydrogens (tertiary/aromatic N) is 2. The predicted molar refractivity (Wildman–Crippen MR) is 99.5 cm³/mol. The van der Waals surface area contributed by atoms with Crippen LogP contribution in [-0.2, 0) is 16.0 Å². The minimum absolute atomic E-state index is 0.0171. The molecule has 1 heterocycles. The highest BCUT2D eigenvalue weighted by atomic mass is 79.9. The normalized spacial score (nSPS) is 12.4. The van der Waals surface area contributed by atoms with Crippen molar-refractivity contribution in [3.8, 4) is 17.1 Å². The minimum atomic E-state index is -4.70. The molecule has 0 aliphatic rings. The van der Waals surface area contributed by atoms with Gasteiger partial charge in [-0.3, -0.25) is 4.57 Å². The molecule has 3 rings (SSSR count). The number of imidazole rings is 1. The molecule has 28 heavy (non-hydrogen) atoms. The molecule has 0 aliphatic carbocycles. The third-order valence-electron chi connectivity index (χ3n) is 4.01. The van der Waals surface area contributed by atoms with E-state index in [1.165, 1.54) is 6.07 Å². The molecular formula is C18H13BrF4N2O2S. The van der Waals surface area contributed by atoms with Gasteiger partial charge in [0, 0.05) is 22.5 Å². The van der Waals surface area contributed by atoms with Gasteiger partial charge >= 0.3 is 6.18 Å². The van der Waals surface area contributed by atoms with Crippen molar-refractivity contribution in [1.29, 1.82) is 0 Å². The summed E-state index contributed by atoms with van der Waals surface area (Å²) in [6, 6.07) is 8.01. The van der Waals surface area contributed by atoms with Gasteiger partial charge in [-0.25, -0.2) is 17.8 Å². The van der Waals surface area contributed by atoms with Gasteiger partial charge in [-0.1, -0.05) is 22.0 Å². The molecule has 148 valence electrons. The number of alkyl halides is 3. The molecule has 0 saturated heterocycles. The van der Waals surface area contributed by atoms with Crippen molar-refractivity contribution in [3.05, 3.63) is 64.1 Å². The summed E-state index contributed by atoms with van der Waals surface area (Å²) in [5, 5.41) is 0. The maximum absolute atomic E-state index is 14.3. The average Bonchev–Trinajstić information content (AvgIpc) is 3.01. The number of benzene rings is 2. The van der Waals surface area contributed by atoms with Gasteiger partial charge in [-0.05, 0) is 42.8 Å². The van der Waals surface area contributed by atoms with Crippen molar-refractivity contribution in [2.45, 2.75) is 18.0 Å². The molecule has 2 aromatic carbocycles. The lowest BCUT2D eigenvalue weighted by atomic mass is 10.1. The highest BCUT2D eigenvalue weighted by Crippen LogP contribution is 2.34. The molecule has 0 N–H and O–H groups in total. The Morgan fingerprint density at radius 2 is 1.79 bits per heavy atom. The van der Waals surface area contributed by atoms with Crippen molar-refractivity contribution in [2.24, 2.45) is 0 Å². The smallest absolute Gasteiger partial charge is 0.299 e. The van der Waals surface area contributed by atoms with E-state index in [1.807, 2.05) is 0 Å². The molecular weight excluding hydrogens is 464 g/mol. The van der Waals surface area contributed by atoms with Gasteiger partial charge in [-0.15, -0.1) is 0 Å². The molecule has 0 fully saturated rings. The zero-order valence-electron chi connectivity index (χ0n) is 14.6. The Bertz CT molecular complexity index is 1170. The molecule has 0 saturated carbocycles. The Morgan fingerprint density at radius 1 is 1.11 bits per heavy atom. The SMILES string of the molecule is Cc1cc(-c2nc(C(F)(F)F)cn2-c2ccc(S(C)(=O)=O)c(F)c2)ccc1Br. The predicted octanol–water partition coefficient (Wildman–Crippen LogP) is 5.17. The number of aryl methyl sites for hydroxylation is 1. The van der Waals surface area contributed by atoms with E-state index in [4.69, 9.17) is 0 Å². The van der Waals surface area contributed by atoms with Crippen LogP contribution in [0.25, 0.3) is 17.1 Å². The van der Waals surface area contributed by atoms with Crippen LogP contribution in [0.3, 0.4) is 0 Å². The maximum Gasteiger partial charge on any atom is 0.434 e. The summed E-state index contributed by atoms with van der Waals surface area (Å²) in [6.07, 6.45) is -3.10. The number of rotatable bonds is 3. The monoisotopic (exact) mass is 476 g/mol. The lowest BCUT2D eigenvalue weighted by Gasteiger charge is -2.10. The van der Waals surface area contributed by atoms with Gasteiger partial charge in [0.15, 0.2) is 15.5 Å². The molecule has 3 aromatic rings. The maximum atomic E-state index is 14.3. The zero-order valence-corrected chi connectivity index (χ0v) is 17.0. The molecule has 10 heteroatoms. The second-order valence-electron chi connectivity index (χ2n) is 6.17. The third-order valence-corrected chi connectivity index (χ3v) is 6.03. The van der Waals surface area contributed by atoms with Gasteiger partial charge in [0.2, 0.25) is 0 Å². The van der Waals surface area contributed by atoms with Crippen molar-refractivity contribution >= 4 is 25.8 Å². The average molecular weight is 477 g/mol. The van der Waals surface area contributed by atoms with Crippen molar-refractivity contribution in [2.75, 3.05) is 6.26 Å². The molecule has 4 nitrogen and oxygen atoms in total. The lowest BCUT2D eigenvalue weighted by molar-refractivity contribution is -0.140. The fourth-order valence-electron chi connectivity index (χ4n) is 2.64. The third kappa shape index (κ3) is 3.97. The van der Waals surface area contributed by atoms with Crippen LogP contribution < -0.4 is 0 Å². The van der Waals surface area contributed by atoms with Crippen molar-refractivity contribution < 1.29 is 26.0 Å².